The fourth-order valence-electron chi connectivity index (χ4n) is 2.43. The Morgan fingerprint density at radius 3 is 2.35 bits per heavy atom. The lowest BCUT2D eigenvalue weighted by molar-refractivity contribution is 0.270. The largest absolute Gasteiger partial charge is 0.314 e. The van der Waals surface area contributed by atoms with E-state index in [9.17, 15) is 0 Å². The summed E-state index contributed by atoms with van der Waals surface area (Å²) in [7, 11) is 0. The van der Waals surface area contributed by atoms with Gasteiger partial charge in [0.05, 0.1) is 0 Å². The molecule has 1 aliphatic carbocycles. The van der Waals surface area contributed by atoms with Crippen LogP contribution in [0.4, 0.5) is 0 Å². The van der Waals surface area contributed by atoms with Crippen molar-refractivity contribution in [3.05, 3.63) is 35.9 Å². The van der Waals surface area contributed by atoms with E-state index in [-0.39, 0.29) is 0 Å². The van der Waals surface area contributed by atoms with Gasteiger partial charge in [0.15, 0.2) is 0 Å². The zero-order valence-electron chi connectivity index (χ0n) is 11.4. The second kappa shape index (κ2) is 5.22. The molecule has 0 bridgehead atoms. The van der Waals surface area contributed by atoms with Crippen LogP contribution in [0.3, 0.4) is 0 Å². The lowest BCUT2D eigenvalue weighted by Gasteiger charge is -2.37. The normalized spacial score (nSPS) is 24.4. The van der Waals surface area contributed by atoms with Gasteiger partial charge in [-0.3, -0.25) is 0 Å². The maximum atomic E-state index is 3.68. The van der Waals surface area contributed by atoms with Gasteiger partial charge in [-0.2, -0.15) is 0 Å². The van der Waals surface area contributed by atoms with Crippen molar-refractivity contribution in [3.8, 4) is 0 Å². The molecule has 0 aromatic heterocycles. The maximum Gasteiger partial charge on any atom is 0.00787 e. The highest BCUT2D eigenvalue weighted by Crippen LogP contribution is 2.36. The third kappa shape index (κ3) is 3.85. The van der Waals surface area contributed by atoms with Crippen LogP contribution >= 0.6 is 0 Å². The zero-order valence-corrected chi connectivity index (χ0v) is 11.4. The van der Waals surface area contributed by atoms with Gasteiger partial charge in [-0.15, -0.1) is 0 Å². The van der Waals surface area contributed by atoms with Crippen LogP contribution in [0, 0.1) is 5.41 Å². The van der Waals surface area contributed by atoms with Gasteiger partial charge < -0.3 is 5.32 Å². The van der Waals surface area contributed by atoms with Gasteiger partial charge in [0.25, 0.3) is 0 Å². The lowest BCUT2D eigenvalue weighted by Crippen LogP contribution is -2.41. The highest BCUT2D eigenvalue weighted by molar-refractivity contribution is 5.22. The molecule has 0 atom stereocenters. The molecule has 1 aliphatic rings. The maximum absolute atomic E-state index is 3.68. The van der Waals surface area contributed by atoms with Crippen molar-refractivity contribution in [3.63, 3.8) is 0 Å². The van der Waals surface area contributed by atoms with Gasteiger partial charge in [-0.05, 0) is 42.7 Å². The third-order valence-corrected chi connectivity index (χ3v) is 3.72. The molecule has 1 aromatic carbocycles. The molecule has 1 nitrogen and oxygen atoms in total. The molecule has 1 saturated carbocycles. The summed E-state index contributed by atoms with van der Waals surface area (Å²) in [5.74, 6) is 0.795. The average Bonchev–Trinajstić information content (AvgIpc) is 2.21. The summed E-state index contributed by atoms with van der Waals surface area (Å²) in [6, 6.07) is 11.7. The van der Waals surface area contributed by atoms with Gasteiger partial charge in [0.1, 0.15) is 0 Å². The summed E-state index contributed by atoms with van der Waals surface area (Å²) >= 11 is 0. The first-order valence-corrected chi connectivity index (χ1v) is 6.83. The molecule has 0 unspecified atom stereocenters. The minimum Gasteiger partial charge on any atom is -0.314 e. The Hall–Kier alpha value is -0.820. The standard InChI is InChI=1S/C16H25N/c1-16(2,3)9-10-17-15-11-14(12-15)13-7-5-4-6-8-13/h4-8,14-15,17H,9-12H2,1-3H3. The van der Waals surface area contributed by atoms with E-state index in [4.69, 9.17) is 0 Å². The highest BCUT2D eigenvalue weighted by atomic mass is 14.9. The molecule has 17 heavy (non-hydrogen) atoms. The molecule has 1 fully saturated rings. The Morgan fingerprint density at radius 1 is 1.12 bits per heavy atom. The van der Waals surface area contributed by atoms with Crippen molar-refractivity contribution < 1.29 is 0 Å². The van der Waals surface area contributed by atoms with Gasteiger partial charge in [0, 0.05) is 6.04 Å². The van der Waals surface area contributed by atoms with Crippen molar-refractivity contribution >= 4 is 0 Å². The van der Waals surface area contributed by atoms with Gasteiger partial charge >= 0.3 is 0 Å². The van der Waals surface area contributed by atoms with E-state index in [0.29, 0.717) is 5.41 Å². The second-order valence-corrected chi connectivity index (χ2v) is 6.54. The van der Waals surface area contributed by atoms with Gasteiger partial charge in [-0.1, -0.05) is 51.1 Å². The first-order chi connectivity index (χ1) is 8.04. The molecule has 2 rings (SSSR count). The van der Waals surface area contributed by atoms with E-state index in [1.165, 1.54) is 24.8 Å². The van der Waals surface area contributed by atoms with Crippen LogP contribution in [0.5, 0.6) is 0 Å². The summed E-state index contributed by atoms with van der Waals surface area (Å²) in [5.41, 5.74) is 1.97. The molecular weight excluding hydrogens is 206 g/mol. The van der Waals surface area contributed by atoms with Crippen LogP contribution in [-0.2, 0) is 0 Å². The monoisotopic (exact) mass is 231 g/mol. The summed E-state index contributed by atoms with van der Waals surface area (Å²) in [6.07, 6.45) is 3.89. The number of hydrogen-bond donors (Lipinski definition) is 1. The topological polar surface area (TPSA) is 12.0 Å². The van der Waals surface area contributed by atoms with Crippen molar-refractivity contribution in [2.45, 2.75) is 52.0 Å². The molecule has 0 radical (unpaired) electrons. The smallest absolute Gasteiger partial charge is 0.00787 e. The van der Waals surface area contributed by atoms with Crippen LogP contribution in [0.1, 0.15) is 51.5 Å². The van der Waals surface area contributed by atoms with Crippen LogP contribution < -0.4 is 5.32 Å². The molecular formula is C16H25N. The third-order valence-electron chi connectivity index (χ3n) is 3.72. The van der Waals surface area contributed by atoms with E-state index in [1.807, 2.05) is 0 Å². The molecule has 0 amide bonds. The fraction of sp³-hybridized carbons (Fsp3) is 0.625. The molecule has 0 heterocycles. The van der Waals surface area contributed by atoms with Crippen LogP contribution in [0.2, 0.25) is 0 Å². The number of hydrogen-bond acceptors (Lipinski definition) is 1. The van der Waals surface area contributed by atoms with E-state index < -0.39 is 0 Å². The fourth-order valence-corrected chi connectivity index (χ4v) is 2.43. The van der Waals surface area contributed by atoms with Crippen molar-refractivity contribution in [2.24, 2.45) is 5.41 Å². The Morgan fingerprint density at radius 2 is 1.76 bits per heavy atom. The number of nitrogens with one attached hydrogen (secondary N) is 1. The predicted molar refractivity (Wildman–Crippen MR) is 74.3 cm³/mol. The predicted octanol–water partition coefficient (Wildman–Crippen LogP) is 3.96. The van der Waals surface area contributed by atoms with E-state index in [1.54, 1.807) is 0 Å². The molecule has 94 valence electrons. The Labute approximate surface area is 106 Å². The Kier molecular flexibility index (Phi) is 3.88. The Bertz CT molecular complexity index is 330. The van der Waals surface area contributed by atoms with Crippen molar-refractivity contribution in [2.75, 3.05) is 6.54 Å². The quantitative estimate of drug-likeness (QED) is 0.827. The van der Waals surface area contributed by atoms with E-state index in [0.717, 1.165) is 18.5 Å². The zero-order chi connectivity index (χ0) is 12.3. The minimum absolute atomic E-state index is 0.454. The summed E-state index contributed by atoms with van der Waals surface area (Å²) < 4.78 is 0. The van der Waals surface area contributed by atoms with Gasteiger partial charge in [-0.25, -0.2) is 0 Å². The second-order valence-electron chi connectivity index (χ2n) is 6.54. The molecule has 1 heteroatoms. The summed E-state index contributed by atoms with van der Waals surface area (Å²) in [6.45, 7) is 8.09. The summed E-state index contributed by atoms with van der Waals surface area (Å²) in [4.78, 5) is 0. The molecule has 0 saturated heterocycles. The van der Waals surface area contributed by atoms with E-state index >= 15 is 0 Å². The Balaban J connectivity index is 1.66. The molecule has 1 N–H and O–H groups in total. The lowest BCUT2D eigenvalue weighted by atomic mass is 9.76. The van der Waals surface area contributed by atoms with Crippen molar-refractivity contribution in [1.29, 1.82) is 0 Å². The number of rotatable bonds is 4. The SMILES string of the molecule is CC(C)(C)CCNC1CC(c2ccccc2)C1. The molecule has 1 aromatic rings. The first-order valence-electron chi connectivity index (χ1n) is 6.83. The highest BCUT2D eigenvalue weighted by Gasteiger charge is 2.29. The minimum atomic E-state index is 0.454. The van der Waals surface area contributed by atoms with Crippen LogP contribution in [0.25, 0.3) is 0 Å². The van der Waals surface area contributed by atoms with Crippen LogP contribution in [-0.4, -0.2) is 12.6 Å². The number of benzene rings is 1. The summed E-state index contributed by atoms with van der Waals surface area (Å²) in [5, 5.41) is 3.68. The average molecular weight is 231 g/mol. The van der Waals surface area contributed by atoms with Crippen LogP contribution in [0.15, 0.2) is 30.3 Å². The first kappa shape index (κ1) is 12.6. The van der Waals surface area contributed by atoms with Crippen molar-refractivity contribution in [1.82, 2.24) is 5.32 Å². The molecule has 0 spiro atoms. The van der Waals surface area contributed by atoms with Gasteiger partial charge in [0.2, 0.25) is 0 Å². The molecule has 0 aliphatic heterocycles. The van der Waals surface area contributed by atoms with E-state index in [2.05, 4.69) is 56.4 Å².